The van der Waals surface area contributed by atoms with Crippen molar-refractivity contribution in [2.24, 2.45) is 5.92 Å². The molecule has 0 bridgehead atoms. The van der Waals surface area contributed by atoms with E-state index in [0.29, 0.717) is 18.9 Å². The summed E-state index contributed by atoms with van der Waals surface area (Å²) in [7, 11) is 0. The third-order valence-corrected chi connectivity index (χ3v) is 3.93. The zero-order chi connectivity index (χ0) is 15.6. The van der Waals surface area contributed by atoms with Crippen molar-refractivity contribution in [3.8, 4) is 0 Å². The van der Waals surface area contributed by atoms with Gasteiger partial charge in [-0.05, 0) is 23.6 Å². The monoisotopic (exact) mass is 306 g/mol. The minimum atomic E-state index is -0.140. The van der Waals surface area contributed by atoms with Gasteiger partial charge in [0.15, 0.2) is 0 Å². The molecule has 0 aliphatic heterocycles. The zero-order valence-electron chi connectivity index (χ0n) is 13.1. The number of hydrogen-bond acceptors (Lipinski definition) is 1. The fraction of sp³-hybridized carbons (Fsp3) is 0.471. The van der Waals surface area contributed by atoms with Gasteiger partial charge >= 0.3 is 0 Å². The molecule has 0 aliphatic rings. The lowest BCUT2D eigenvalue weighted by Crippen LogP contribution is -2.37. The number of aromatic nitrogens is 1. The number of benzene rings is 1. The van der Waals surface area contributed by atoms with Crippen LogP contribution in [0.25, 0.3) is 10.9 Å². The maximum atomic E-state index is 11.8. The van der Waals surface area contributed by atoms with Gasteiger partial charge < -0.3 is 10.3 Å². The fourth-order valence-corrected chi connectivity index (χ4v) is 2.69. The average Bonchev–Trinajstić information content (AvgIpc) is 2.79. The number of aromatic amines is 1. The van der Waals surface area contributed by atoms with E-state index in [1.807, 2.05) is 38.2 Å². The van der Waals surface area contributed by atoms with Crippen molar-refractivity contribution in [3.05, 3.63) is 35.0 Å². The highest BCUT2D eigenvalue weighted by Gasteiger charge is 2.24. The topological polar surface area (TPSA) is 44.9 Å². The Hall–Kier alpha value is -1.48. The number of fused-ring (bicyclic) bond motifs is 1. The van der Waals surface area contributed by atoms with E-state index < -0.39 is 0 Å². The van der Waals surface area contributed by atoms with Gasteiger partial charge in [0.2, 0.25) is 5.91 Å². The number of rotatable bonds is 5. The normalized spacial score (nSPS) is 12.1. The van der Waals surface area contributed by atoms with E-state index in [0.717, 1.165) is 15.9 Å². The van der Waals surface area contributed by atoms with Crippen LogP contribution in [0.15, 0.2) is 24.4 Å². The lowest BCUT2D eigenvalue weighted by molar-refractivity contribution is -0.122. The molecule has 0 saturated heterocycles. The molecular formula is C17H23ClN2O. The largest absolute Gasteiger partial charge is 0.361 e. The summed E-state index contributed by atoms with van der Waals surface area (Å²) in [6, 6.07) is 5.85. The van der Waals surface area contributed by atoms with E-state index in [1.165, 1.54) is 5.56 Å². The Labute approximate surface area is 131 Å². The summed E-state index contributed by atoms with van der Waals surface area (Å²) >= 11 is 6.02. The molecule has 0 saturated carbocycles. The van der Waals surface area contributed by atoms with E-state index in [2.05, 4.69) is 24.1 Å². The molecule has 0 spiro atoms. The molecule has 0 fully saturated rings. The molecule has 2 aromatic rings. The number of nitrogens with one attached hydrogen (secondary N) is 2. The molecule has 0 radical (unpaired) electrons. The average molecular weight is 307 g/mol. The summed E-state index contributed by atoms with van der Waals surface area (Å²) < 4.78 is 0. The third kappa shape index (κ3) is 3.79. The van der Waals surface area contributed by atoms with Crippen LogP contribution in [-0.4, -0.2) is 17.4 Å². The van der Waals surface area contributed by atoms with Gasteiger partial charge in [-0.3, -0.25) is 4.79 Å². The molecule has 1 aromatic carbocycles. The molecule has 0 aliphatic carbocycles. The van der Waals surface area contributed by atoms with Gasteiger partial charge in [-0.25, -0.2) is 0 Å². The minimum Gasteiger partial charge on any atom is -0.361 e. The number of H-pyrrole nitrogens is 1. The molecule has 0 unspecified atom stereocenters. The summed E-state index contributed by atoms with van der Waals surface area (Å²) in [6.07, 6.45) is 2.58. The molecule has 21 heavy (non-hydrogen) atoms. The van der Waals surface area contributed by atoms with E-state index in [-0.39, 0.29) is 11.3 Å². The number of amides is 1. The summed E-state index contributed by atoms with van der Waals surface area (Å²) in [5.74, 6) is 0.490. The minimum absolute atomic E-state index is 0.112. The molecule has 3 nitrogen and oxygen atoms in total. The quantitative estimate of drug-likeness (QED) is 0.851. The molecule has 1 aromatic heterocycles. The van der Waals surface area contributed by atoms with Crippen molar-refractivity contribution < 1.29 is 4.79 Å². The van der Waals surface area contributed by atoms with Crippen molar-refractivity contribution in [3.63, 3.8) is 0 Å². The lowest BCUT2D eigenvalue weighted by atomic mass is 9.84. The second-order valence-corrected chi connectivity index (χ2v) is 7.09. The summed E-state index contributed by atoms with van der Waals surface area (Å²) in [6.45, 7) is 9.00. The Morgan fingerprint density at radius 3 is 2.76 bits per heavy atom. The van der Waals surface area contributed by atoms with Crippen molar-refractivity contribution in [1.29, 1.82) is 0 Å². The summed E-state index contributed by atoms with van der Waals surface area (Å²) in [5.41, 5.74) is 2.08. The van der Waals surface area contributed by atoms with Crippen LogP contribution in [0.1, 0.15) is 39.7 Å². The van der Waals surface area contributed by atoms with Crippen molar-refractivity contribution >= 4 is 28.4 Å². The molecular weight excluding hydrogens is 284 g/mol. The predicted octanol–water partition coefficient (Wildman–Crippen LogP) is 4.26. The highest BCUT2D eigenvalue weighted by molar-refractivity contribution is 6.31. The standard InChI is InChI=1S/C17H23ClN2O/c1-11(2)7-16(21)20-10-17(3,4)14-9-19-15-8-12(18)5-6-13(14)15/h5-6,8-9,11,19H,7,10H2,1-4H3,(H,20,21). The van der Waals surface area contributed by atoms with E-state index in [9.17, 15) is 4.79 Å². The van der Waals surface area contributed by atoms with Gasteiger partial charge in [0.1, 0.15) is 0 Å². The molecule has 1 amide bonds. The molecule has 0 atom stereocenters. The second kappa shape index (κ2) is 6.10. The molecule has 2 rings (SSSR count). The Kier molecular flexibility index (Phi) is 4.62. The number of hydrogen-bond donors (Lipinski definition) is 2. The van der Waals surface area contributed by atoms with Crippen molar-refractivity contribution in [1.82, 2.24) is 10.3 Å². The highest BCUT2D eigenvalue weighted by atomic mass is 35.5. The maximum absolute atomic E-state index is 11.8. The van der Waals surface area contributed by atoms with Crippen LogP contribution in [0, 0.1) is 5.92 Å². The van der Waals surface area contributed by atoms with Gasteiger partial charge in [-0.15, -0.1) is 0 Å². The number of halogens is 1. The van der Waals surface area contributed by atoms with E-state index in [4.69, 9.17) is 11.6 Å². The molecule has 2 N–H and O–H groups in total. The third-order valence-electron chi connectivity index (χ3n) is 3.69. The zero-order valence-corrected chi connectivity index (χ0v) is 13.8. The number of carbonyl (C=O) groups excluding carboxylic acids is 1. The molecule has 4 heteroatoms. The Morgan fingerprint density at radius 1 is 1.38 bits per heavy atom. The van der Waals surface area contributed by atoms with Crippen LogP contribution in [0.2, 0.25) is 5.02 Å². The smallest absolute Gasteiger partial charge is 0.220 e. The molecule has 114 valence electrons. The van der Waals surface area contributed by atoms with Gasteiger partial charge in [0.25, 0.3) is 0 Å². The van der Waals surface area contributed by atoms with Crippen LogP contribution in [-0.2, 0) is 10.2 Å². The lowest BCUT2D eigenvalue weighted by Gasteiger charge is -2.25. The van der Waals surface area contributed by atoms with Gasteiger partial charge in [0, 0.05) is 40.5 Å². The Morgan fingerprint density at radius 2 is 2.10 bits per heavy atom. The summed E-state index contributed by atoms with van der Waals surface area (Å²) in [4.78, 5) is 15.1. The van der Waals surface area contributed by atoms with Gasteiger partial charge in [0.05, 0.1) is 0 Å². The Bertz CT molecular complexity index is 643. The maximum Gasteiger partial charge on any atom is 0.220 e. The van der Waals surface area contributed by atoms with Crippen molar-refractivity contribution in [2.45, 2.75) is 39.5 Å². The van der Waals surface area contributed by atoms with Crippen LogP contribution < -0.4 is 5.32 Å². The van der Waals surface area contributed by atoms with Crippen LogP contribution >= 0.6 is 11.6 Å². The first-order valence-corrected chi connectivity index (χ1v) is 7.71. The van der Waals surface area contributed by atoms with Gasteiger partial charge in [-0.1, -0.05) is 45.4 Å². The second-order valence-electron chi connectivity index (χ2n) is 6.65. The van der Waals surface area contributed by atoms with E-state index in [1.54, 1.807) is 0 Å². The van der Waals surface area contributed by atoms with Crippen molar-refractivity contribution in [2.75, 3.05) is 6.54 Å². The van der Waals surface area contributed by atoms with Crippen LogP contribution in [0.4, 0.5) is 0 Å². The van der Waals surface area contributed by atoms with Crippen LogP contribution in [0.3, 0.4) is 0 Å². The van der Waals surface area contributed by atoms with E-state index >= 15 is 0 Å². The number of carbonyl (C=O) groups is 1. The highest BCUT2D eigenvalue weighted by Crippen LogP contribution is 2.31. The molecule has 1 heterocycles. The fourth-order valence-electron chi connectivity index (χ4n) is 2.52. The first-order chi connectivity index (χ1) is 9.79. The predicted molar refractivity (Wildman–Crippen MR) is 88.8 cm³/mol. The SMILES string of the molecule is CC(C)CC(=O)NCC(C)(C)c1c[nH]c2cc(Cl)ccc12. The first kappa shape index (κ1) is 15.9. The Balaban J connectivity index is 2.16. The first-order valence-electron chi connectivity index (χ1n) is 7.33. The summed E-state index contributed by atoms with van der Waals surface area (Å²) in [5, 5.41) is 4.92. The van der Waals surface area contributed by atoms with Crippen LogP contribution in [0.5, 0.6) is 0 Å². The van der Waals surface area contributed by atoms with Gasteiger partial charge in [-0.2, -0.15) is 0 Å².